The van der Waals surface area contributed by atoms with E-state index in [0.29, 0.717) is 5.56 Å². The van der Waals surface area contributed by atoms with Gasteiger partial charge in [0, 0.05) is 31.9 Å². The second-order valence-corrected chi connectivity index (χ2v) is 4.97. The zero-order valence-electron chi connectivity index (χ0n) is 12.2. The van der Waals surface area contributed by atoms with Crippen LogP contribution in [0.4, 0.5) is 5.69 Å². The summed E-state index contributed by atoms with van der Waals surface area (Å²) in [4.78, 5) is 13.7. The highest BCUT2D eigenvalue weighted by Gasteiger charge is 2.27. The molecule has 0 spiro atoms. The van der Waals surface area contributed by atoms with Crippen molar-refractivity contribution in [3.05, 3.63) is 29.8 Å². The van der Waals surface area contributed by atoms with E-state index < -0.39 is 18.2 Å². The van der Waals surface area contributed by atoms with Gasteiger partial charge in [-0.1, -0.05) is 12.1 Å². The molecule has 1 heterocycles. The predicted octanol–water partition coefficient (Wildman–Crippen LogP) is 0.0536. The van der Waals surface area contributed by atoms with Crippen molar-refractivity contribution in [2.45, 2.75) is 19.1 Å². The molecule has 2 rings (SSSR count). The Balaban J connectivity index is 2.10. The van der Waals surface area contributed by atoms with Gasteiger partial charge in [-0.25, -0.2) is 4.79 Å². The van der Waals surface area contributed by atoms with E-state index in [1.54, 1.807) is 19.1 Å². The molecule has 3 N–H and O–H groups in total. The van der Waals surface area contributed by atoms with E-state index in [1.807, 2.05) is 12.1 Å². The maximum Gasteiger partial charge on any atom is 0.338 e. The molecule has 0 radical (unpaired) electrons. The lowest BCUT2D eigenvalue weighted by atomic mass is 10.0. The van der Waals surface area contributed by atoms with Gasteiger partial charge in [0.05, 0.1) is 6.61 Å². The minimum Gasteiger partial charge on any atom is -0.464 e. The first kappa shape index (κ1) is 15.8. The van der Waals surface area contributed by atoms with E-state index in [1.165, 1.54) is 0 Å². The van der Waals surface area contributed by atoms with Crippen molar-refractivity contribution in [1.29, 1.82) is 0 Å². The first-order valence-corrected chi connectivity index (χ1v) is 7.22. The van der Waals surface area contributed by atoms with Gasteiger partial charge in [0.1, 0.15) is 6.10 Å². The molecular weight excluding hydrogens is 272 g/mol. The largest absolute Gasteiger partial charge is 0.464 e. The lowest BCUT2D eigenvalue weighted by Crippen LogP contribution is -2.43. The fourth-order valence-electron chi connectivity index (χ4n) is 2.37. The summed E-state index contributed by atoms with van der Waals surface area (Å²) < 4.78 is 4.73. The van der Waals surface area contributed by atoms with Crippen molar-refractivity contribution < 1.29 is 19.7 Å². The molecule has 1 aliphatic heterocycles. The fourth-order valence-corrected chi connectivity index (χ4v) is 2.37. The van der Waals surface area contributed by atoms with Crippen LogP contribution in [0.2, 0.25) is 0 Å². The van der Waals surface area contributed by atoms with Gasteiger partial charge in [-0.15, -0.1) is 0 Å². The number of hydrogen-bond donors (Lipinski definition) is 3. The average molecular weight is 294 g/mol. The summed E-state index contributed by atoms with van der Waals surface area (Å²) in [5.74, 6) is -0.808. The molecule has 1 aromatic carbocycles. The number of ether oxygens (including phenoxy) is 1. The molecular formula is C15H22N2O4. The van der Waals surface area contributed by atoms with Crippen LogP contribution in [0.3, 0.4) is 0 Å². The van der Waals surface area contributed by atoms with E-state index >= 15 is 0 Å². The van der Waals surface area contributed by atoms with Crippen molar-refractivity contribution >= 4 is 11.7 Å². The fraction of sp³-hybridized carbons (Fsp3) is 0.533. The van der Waals surface area contributed by atoms with Gasteiger partial charge in [-0.3, -0.25) is 0 Å². The number of carbonyl (C=O) groups is 1. The highest BCUT2D eigenvalue weighted by atomic mass is 16.5. The summed E-state index contributed by atoms with van der Waals surface area (Å²) in [7, 11) is 0. The second-order valence-electron chi connectivity index (χ2n) is 4.97. The van der Waals surface area contributed by atoms with Crippen LogP contribution in [0.15, 0.2) is 24.3 Å². The lowest BCUT2D eigenvalue weighted by Gasteiger charge is -2.30. The molecule has 0 aliphatic carbocycles. The molecule has 0 aromatic heterocycles. The first-order chi connectivity index (χ1) is 10.1. The summed E-state index contributed by atoms with van der Waals surface area (Å²) >= 11 is 0. The van der Waals surface area contributed by atoms with Crippen molar-refractivity contribution in [3.8, 4) is 0 Å². The van der Waals surface area contributed by atoms with Crippen LogP contribution in [0.1, 0.15) is 18.6 Å². The summed E-state index contributed by atoms with van der Waals surface area (Å²) in [6.45, 7) is 5.43. The van der Waals surface area contributed by atoms with Crippen LogP contribution in [-0.2, 0) is 9.53 Å². The van der Waals surface area contributed by atoms with Crippen molar-refractivity contribution in [2.24, 2.45) is 0 Å². The Morgan fingerprint density at radius 1 is 1.38 bits per heavy atom. The number of anilines is 1. The Hall–Kier alpha value is -1.63. The number of nitrogens with zero attached hydrogens (tertiary/aromatic N) is 1. The topological polar surface area (TPSA) is 82.0 Å². The molecule has 6 heteroatoms. The van der Waals surface area contributed by atoms with Gasteiger partial charge in [-0.2, -0.15) is 0 Å². The van der Waals surface area contributed by atoms with Gasteiger partial charge in [0.15, 0.2) is 6.10 Å². The molecule has 6 nitrogen and oxygen atoms in total. The maximum atomic E-state index is 11.5. The second kappa shape index (κ2) is 7.40. The standard InChI is InChI=1S/C15H22N2O4/c1-2-21-15(20)14(19)13(18)11-4-3-5-12(10-11)17-8-6-16-7-9-17/h3-5,10,13-14,16,18-19H,2,6-9H2,1H3. The number of hydrogen-bond acceptors (Lipinski definition) is 6. The maximum absolute atomic E-state index is 11.5. The van der Waals surface area contributed by atoms with Gasteiger partial charge in [0.25, 0.3) is 0 Å². The van der Waals surface area contributed by atoms with E-state index in [-0.39, 0.29) is 6.61 Å². The highest BCUT2D eigenvalue weighted by molar-refractivity contribution is 5.75. The van der Waals surface area contributed by atoms with Crippen LogP contribution in [-0.4, -0.2) is 55.1 Å². The normalized spacial score (nSPS) is 18.1. The van der Waals surface area contributed by atoms with Gasteiger partial charge in [0.2, 0.25) is 0 Å². The molecule has 1 fully saturated rings. The third-order valence-corrected chi connectivity index (χ3v) is 3.52. The smallest absolute Gasteiger partial charge is 0.338 e. The number of aliphatic hydroxyl groups excluding tert-OH is 2. The number of carbonyl (C=O) groups excluding carboxylic acids is 1. The van der Waals surface area contributed by atoms with E-state index in [0.717, 1.165) is 31.9 Å². The van der Waals surface area contributed by atoms with Crippen molar-refractivity contribution in [3.63, 3.8) is 0 Å². The molecule has 1 saturated heterocycles. The molecule has 21 heavy (non-hydrogen) atoms. The van der Waals surface area contributed by atoms with Crippen LogP contribution < -0.4 is 10.2 Å². The van der Waals surface area contributed by atoms with Crippen molar-refractivity contribution in [1.82, 2.24) is 5.32 Å². The zero-order chi connectivity index (χ0) is 15.2. The number of piperazine rings is 1. The summed E-state index contributed by atoms with van der Waals surface area (Å²) in [6, 6.07) is 7.27. The highest BCUT2D eigenvalue weighted by Crippen LogP contribution is 2.23. The molecule has 2 atom stereocenters. The molecule has 2 unspecified atom stereocenters. The predicted molar refractivity (Wildman–Crippen MR) is 79.1 cm³/mol. The molecule has 1 aliphatic rings. The lowest BCUT2D eigenvalue weighted by molar-refractivity contribution is -0.159. The number of rotatable bonds is 5. The number of esters is 1. The van der Waals surface area contributed by atoms with E-state index in [2.05, 4.69) is 10.2 Å². The Bertz CT molecular complexity index is 474. The quantitative estimate of drug-likeness (QED) is 0.666. The Kier molecular flexibility index (Phi) is 5.55. The van der Waals surface area contributed by atoms with E-state index in [9.17, 15) is 15.0 Å². The molecule has 0 saturated carbocycles. The average Bonchev–Trinajstić information content (AvgIpc) is 2.54. The molecule has 0 amide bonds. The van der Waals surface area contributed by atoms with Crippen LogP contribution in [0, 0.1) is 0 Å². The summed E-state index contributed by atoms with van der Waals surface area (Å²) in [6.07, 6.45) is -2.85. The number of nitrogens with one attached hydrogen (secondary N) is 1. The van der Waals surface area contributed by atoms with Crippen LogP contribution in [0.5, 0.6) is 0 Å². The summed E-state index contributed by atoms with van der Waals surface area (Å²) in [5.41, 5.74) is 1.48. The summed E-state index contributed by atoms with van der Waals surface area (Å²) in [5, 5.41) is 23.2. The van der Waals surface area contributed by atoms with Crippen LogP contribution in [0.25, 0.3) is 0 Å². The SMILES string of the molecule is CCOC(=O)C(O)C(O)c1cccc(N2CCNCC2)c1. The van der Waals surface area contributed by atoms with Gasteiger partial charge in [-0.05, 0) is 24.6 Å². The molecule has 116 valence electrons. The number of aliphatic hydroxyl groups is 2. The number of benzene rings is 1. The monoisotopic (exact) mass is 294 g/mol. The molecule has 0 bridgehead atoms. The third kappa shape index (κ3) is 3.93. The van der Waals surface area contributed by atoms with Gasteiger partial charge < -0.3 is 25.2 Å². The third-order valence-electron chi connectivity index (χ3n) is 3.52. The Morgan fingerprint density at radius 2 is 2.10 bits per heavy atom. The minimum absolute atomic E-state index is 0.170. The Labute approximate surface area is 124 Å². The van der Waals surface area contributed by atoms with Gasteiger partial charge >= 0.3 is 5.97 Å². The molecule has 1 aromatic rings. The van der Waals surface area contributed by atoms with Crippen LogP contribution >= 0.6 is 0 Å². The van der Waals surface area contributed by atoms with E-state index in [4.69, 9.17) is 4.74 Å². The Morgan fingerprint density at radius 3 is 2.76 bits per heavy atom. The minimum atomic E-state index is -1.57. The van der Waals surface area contributed by atoms with Crippen molar-refractivity contribution in [2.75, 3.05) is 37.7 Å². The zero-order valence-corrected chi connectivity index (χ0v) is 12.2. The first-order valence-electron chi connectivity index (χ1n) is 7.22.